The monoisotopic (exact) mass is 400 g/mol. The van der Waals surface area contributed by atoms with Gasteiger partial charge in [0.2, 0.25) is 0 Å². The van der Waals surface area contributed by atoms with E-state index in [4.69, 9.17) is 5.73 Å². The molecule has 0 spiro atoms. The summed E-state index contributed by atoms with van der Waals surface area (Å²) in [5.74, 6) is -0.238. The molecule has 0 saturated heterocycles. The van der Waals surface area contributed by atoms with Gasteiger partial charge in [-0.1, -0.05) is 50.8 Å². The molecular weight excluding hydrogens is 368 g/mol. The average Bonchev–Trinajstić information content (AvgIpc) is 2.66. The molecule has 1 amide bonds. The molecule has 0 bridgehead atoms. The van der Waals surface area contributed by atoms with Crippen molar-refractivity contribution in [2.45, 2.75) is 66.3 Å². The second-order valence-electron chi connectivity index (χ2n) is 7.48. The van der Waals surface area contributed by atoms with Crippen LogP contribution in [-0.2, 0) is 6.54 Å². The first kappa shape index (κ1) is 22.5. The number of hydrogen-bond donors (Lipinski definition) is 2. The summed E-state index contributed by atoms with van der Waals surface area (Å²) in [4.78, 5) is 42.1. The summed E-state index contributed by atoms with van der Waals surface area (Å²) < 4.78 is 1.35. The van der Waals surface area contributed by atoms with Crippen LogP contribution in [0, 0.1) is 13.8 Å². The molecule has 2 rings (SSSR count). The average molecular weight is 401 g/mol. The minimum Gasteiger partial charge on any atom is -0.383 e. The normalized spacial score (nSPS) is 10.9. The fourth-order valence-electron chi connectivity index (χ4n) is 3.41. The third kappa shape index (κ3) is 5.16. The summed E-state index contributed by atoms with van der Waals surface area (Å²) in [6.45, 7) is 8.68. The molecule has 1 heterocycles. The molecule has 0 aliphatic carbocycles. The van der Waals surface area contributed by atoms with Gasteiger partial charge in [-0.25, -0.2) is 4.79 Å². The van der Waals surface area contributed by atoms with E-state index >= 15 is 0 Å². The summed E-state index contributed by atoms with van der Waals surface area (Å²) in [5.41, 5.74) is 7.56. The molecule has 29 heavy (non-hydrogen) atoms. The van der Waals surface area contributed by atoms with Crippen molar-refractivity contribution in [2.24, 2.45) is 0 Å². The fraction of sp³-hybridized carbons (Fsp3) is 0.500. The van der Waals surface area contributed by atoms with Crippen molar-refractivity contribution in [3.63, 3.8) is 0 Å². The molecule has 7 heteroatoms. The molecular formula is C22H32N4O3. The third-order valence-electron chi connectivity index (χ3n) is 5.06. The fourth-order valence-corrected chi connectivity index (χ4v) is 3.41. The van der Waals surface area contributed by atoms with Gasteiger partial charge in [0.1, 0.15) is 5.82 Å². The van der Waals surface area contributed by atoms with Crippen LogP contribution >= 0.6 is 0 Å². The van der Waals surface area contributed by atoms with E-state index in [0.717, 1.165) is 43.2 Å². The SMILES string of the molecule is CCCCCN(C(=O)c1ccc(C)cc1C)c1c(N)n(CCCC)c(=O)[nH]c1=O. The number of nitrogen functional groups attached to an aromatic ring is 1. The minimum atomic E-state index is -0.630. The molecule has 0 saturated carbocycles. The Morgan fingerprint density at radius 3 is 2.41 bits per heavy atom. The van der Waals surface area contributed by atoms with Gasteiger partial charge in [0, 0.05) is 18.7 Å². The largest absolute Gasteiger partial charge is 0.383 e. The quantitative estimate of drug-likeness (QED) is 0.630. The summed E-state index contributed by atoms with van der Waals surface area (Å²) in [5, 5.41) is 0. The minimum absolute atomic E-state index is 0.0433. The number of carbonyl (C=O) groups excluding carboxylic acids is 1. The standard InChI is InChI=1S/C22H32N4O3/c1-5-7-9-13-25(21(28)17-11-10-15(3)14-16(17)4)18-19(23)26(12-8-6-2)22(29)24-20(18)27/h10-11,14H,5-9,12-13,23H2,1-4H3,(H,24,27,29). The first-order valence-electron chi connectivity index (χ1n) is 10.3. The number of unbranched alkanes of at least 4 members (excludes halogenated alkanes) is 3. The van der Waals surface area contributed by atoms with E-state index in [1.165, 1.54) is 9.47 Å². The zero-order chi connectivity index (χ0) is 21.6. The Labute approximate surface area is 171 Å². The van der Waals surface area contributed by atoms with Crippen LogP contribution in [-0.4, -0.2) is 22.0 Å². The lowest BCUT2D eigenvalue weighted by Crippen LogP contribution is -2.42. The zero-order valence-corrected chi connectivity index (χ0v) is 17.9. The van der Waals surface area contributed by atoms with Crippen LogP contribution in [0.4, 0.5) is 11.5 Å². The van der Waals surface area contributed by atoms with Crippen LogP contribution in [0.2, 0.25) is 0 Å². The van der Waals surface area contributed by atoms with E-state index in [2.05, 4.69) is 11.9 Å². The second kappa shape index (κ2) is 10.1. The third-order valence-corrected chi connectivity index (χ3v) is 5.06. The smallest absolute Gasteiger partial charge is 0.330 e. The number of nitrogens with two attached hydrogens (primary N) is 1. The number of amides is 1. The lowest BCUT2D eigenvalue weighted by atomic mass is 10.0. The predicted molar refractivity (Wildman–Crippen MR) is 118 cm³/mol. The van der Waals surface area contributed by atoms with Crippen LogP contribution < -0.4 is 21.9 Å². The first-order valence-corrected chi connectivity index (χ1v) is 10.3. The highest BCUT2D eigenvalue weighted by atomic mass is 16.2. The van der Waals surface area contributed by atoms with Crippen molar-refractivity contribution in [1.82, 2.24) is 9.55 Å². The number of rotatable bonds is 9. The Morgan fingerprint density at radius 1 is 1.10 bits per heavy atom. The second-order valence-corrected chi connectivity index (χ2v) is 7.48. The highest BCUT2D eigenvalue weighted by Gasteiger charge is 2.25. The van der Waals surface area contributed by atoms with Gasteiger partial charge in [0.15, 0.2) is 5.69 Å². The zero-order valence-electron chi connectivity index (χ0n) is 17.9. The number of benzene rings is 1. The number of anilines is 2. The van der Waals surface area contributed by atoms with E-state index in [1.807, 2.05) is 32.9 Å². The van der Waals surface area contributed by atoms with Crippen molar-refractivity contribution in [3.8, 4) is 0 Å². The highest BCUT2D eigenvalue weighted by molar-refractivity contribution is 6.08. The van der Waals surface area contributed by atoms with Gasteiger partial charge in [-0.2, -0.15) is 0 Å². The molecule has 2 aromatic rings. The van der Waals surface area contributed by atoms with Crippen molar-refractivity contribution in [1.29, 1.82) is 0 Å². The molecule has 1 aromatic heterocycles. The van der Waals surface area contributed by atoms with Crippen LogP contribution in [0.3, 0.4) is 0 Å². The van der Waals surface area contributed by atoms with Crippen LogP contribution in [0.1, 0.15) is 67.4 Å². The highest BCUT2D eigenvalue weighted by Crippen LogP contribution is 2.22. The van der Waals surface area contributed by atoms with Gasteiger partial charge in [-0.3, -0.25) is 19.1 Å². The Kier molecular flexibility index (Phi) is 7.82. The molecule has 0 aliphatic rings. The van der Waals surface area contributed by atoms with Crippen molar-refractivity contribution in [3.05, 3.63) is 55.7 Å². The number of aryl methyl sites for hydroxylation is 2. The topological polar surface area (TPSA) is 101 Å². The lowest BCUT2D eigenvalue weighted by Gasteiger charge is -2.25. The molecule has 0 fully saturated rings. The van der Waals surface area contributed by atoms with Crippen molar-refractivity contribution in [2.75, 3.05) is 17.2 Å². The molecule has 1 aromatic carbocycles. The van der Waals surface area contributed by atoms with Gasteiger partial charge < -0.3 is 10.6 Å². The molecule has 0 radical (unpaired) electrons. The summed E-state index contributed by atoms with van der Waals surface area (Å²) >= 11 is 0. The Bertz CT molecular complexity index is 975. The summed E-state index contributed by atoms with van der Waals surface area (Å²) in [7, 11) is 0. The number of carbonyl (C=O) groups is 1. The Balaban J connectivity index is 2.59. The maximum Gasteiger partial charge on any atom is 0.330 e. The summed E-state index contributed by atoms with van der Waals surface area (Å²) in [6, 6.07) is 5.59. The first-order chi connectivity index (χ1) is 13.8. The Hall–Kier alpha value is -2.83. The number of hydrogen-bond acceptors (Lipinski definition) is 4. The number of nitrogens with one attached hydrogen (secondary N) is 1. The van der Waals surface area contributed by atoms with Gasteiger partial charge >= 0.3 is 5.69 Å². The van der Waals surface area contributed by atoms with Gasteiger partial charge in [-0.15, -0.1) is 0 Å². The lowest BCUT2D eigenvalue weighted by molar-refractivity contribution is 0.0985. The predicted octanol–water partition coefficient (Wildman–Crippen LogP) is 3.37. The number of H-pyrrole nitrogens is 1. The van der Waals surface area contributed by atoms with Gasteiger partial charge in [0.05, 0.1) is 0 Å². The van der Waals surface area contributed by atoms with E-state index in [0.29, 0.717) is 18.7 Å². The molecule has 0 atom stereocenters. The maximum atomic E-state index is 13.4. The van der Waals surface area contributed by atoms with Gasteiger partial charge in [-0.05, 0) is 38.3 Å². The number of aromatic amines is 1. The van der Waals surface area contributed by atoms with Crippen LogP contribution in [0.25, 0.3) is 0 Å². The van der Waals surface area contributed by atoms with E-state index < -0.39 is 11.2 Å². The molecule has 7 nitrogen and oxygen atoms in total. The number of nitrogens with zero attached hydrogens (tertiary/aromatic N) is 2. The van der Waals surface area contributed by atoms with Crippen molar-refractivity contribution < 1.29 is 4.79 Å². The van der Waals surface area contributed by atoms with E-state index in [9.17, 15) is 14.4 Å². The van der Waals surface area contributed by atoms with Crippen molar-refractivity contribution >= 4 is 17.4 Å². The molecule has 0 unspecified atom stereocenters. The summed E-state index contributed by atoms with van der Waals surface area (Å²) in [6.07, 6.45) is 4.26. The molecule has 158 valence electrons. The van der Waals surface area contributed by atoms with E-state index in [-0.39, 0.29) is 17.4 Å². The van der Waals surface area contributed by atoms with Crippen LogP contribution in [0.5, 0.6) is 0 Å². The Morgan fingerprint density at radius 2 is 1.79 bits per heavy atom. The maximum absolute atomic E-state index is 13.4. The van der Waals surface area contributed by atoms with E-state index in [1.54, 1.807) is 6.07 Å². The molecule has 3 N–H and O–H groups in total. The molecule has 0 aliphatic heterocycles. The number of aromatic nitrogens is 2. The van der Waals surface area contributed by atoms with Crippen LogP contribution in [0.15, 0.2) is 27.8 Å². The van der Waals surface area contributed by atoms with Gasteiger partial charge in [0.25, 0.3) is 11.5 Å².